The summed E-state index contributed by atoms with van der Waals surface area (Å²) in [6.45, 7) is 3.20. The zero-order valence-electron chi connectivity index (χ0n) is 10.3. The van der Waals surface area contributed by atoms with Crippen molar-refractivity contribution in [1.82, 2.24) is 14.9 Å². The maximum atomic E-state index is 4.36. The Morgan fingerprint density at radius 1 is 1.38 bits per heavy atom. The van der Waals surface area contributed by atoms with Crippen molar-refractivity contribution in [2.75, 3.05) is 26.0 Å². The molecule has 0 saturated carbocycles. The maximum absolute atomic E-state index is 4.36. The highest BCUT2D eigenvalue weighted by atomic mass is 15.1. The van der Waals surface area contributed by atoms with Gasteiger partial charge in [0.25, 0.3) is 0 Å². The van der Waals surface area contributed by atoms with Crippen molar-refractivity contribution >= 4 is 5.82 Å². The molecule has 1 aromatic rings. The Balaban J connectivity index is 2.07. The fraction of sp³-hybridized carbons (Fsp3) is 0.667. The molecule has 4 nitrogen and oxygen atoms in total. The molecule has 0 aromatic carbocycles. The second-order valence-electron chi connectivity index (χ2n) is 4.81. The normalized spacial score (nSPS) is 16.2. The van der Waals surface area contributed by atoms with Gasteiger partial charge >= 0.3 is 0 Å². The van der Waals surface area contributed by atoms with Crippen LogP contribution in [0.5, 0.6) is 0 Å². The molecule has 1 heterocycles. The number of aromatic nitrogens is 2. The molecule has 0 aliphatic heterocycles. The smallest absolute Gasteiger partial charge is 0.133 e. The van der Waals surface area contributed by atoms with Gasteiger partial charge in [0.2, 0.25) is 0 Å². The average molecular weight is 220 g/mol. The molecule has 0 saturated heterocycles. The predicted molar refractivity (Wildman–Crippen MR) is 65.7 cm³/mol. The zero-order chi connectivity index (χ0) is 11.5. The first-order valence-corrected chi connectivity index (χ1v) is 5.91. The topological polar surface area (TPSA) is 41.0 Å². The molecule has 1 unspecified atom stereocenters. The first kappa shape index (κ1) is 11.3. The van der Waals surface area contributed by atoms with Gasteiger partial charge in [-0.1, -0.05) is 0 Å². The van der Waals surface area contributed by atoms with E-state index in [1.54, 1.807) is 6.33 Å². The lowest BCUT2D eigenvalue weighted by atomic mass is 10.2. The molecule has 16 heavy (non-hydrogen) atoms. The van der Waals surface area contributed by atoms with Crippen molar-refractivity contribution in [1.29, 1.82) is 0 Å². The van der Waals surface area contributed by atoms with E-state index in [9.17, 15) is 0 Å². The average Bonchev–Trinajstić information content (AvgIpc) is 2.65. The molecule has 1 aromatic heterocycles. The molecule has 1 aliphatic rings. The van der Waals surface area contributed by atoms with Gasteiger partial charge in [0.15, 0.2) is 0 Å². The van der Waals surface area contributed by atoms with Crippen LogP contribution in [0.3, 0.4) is 0 Å². The number of likely N-dealkylation sites (N-methyl/N-ethyl adjacent to an activating group) is 1. The third kappa shape index (κ3) is 2.50. The Hall–Kier alpha value is -1.16. The quantitative estimate of drug-likeness (QED) is 0.831. The molecule has 0 radical (unpaired) electrons. The van der Waals surface area contributed by atoms with Crippen molar-refractivity contribution in [3.63, 3.8) is 0 Å². The lowest BCUT2D eigenvalue weighted by molar-refractivity contribution is 0.392. The van der Waals surface area contributed by atoms with Gasteiger partial charge in [-0.15, -0.1) is 0 Å². The maximum Gasteiger partial charge on any atom is 0.133 e. The van der Waals surface area contributed by atoms with Crippen molar-refractivity contribution in [2.24, 2.45) is 0 Å². The van der Waals surface area contributed by atoms with E-state index in [0.29, 0.717) is 6.04 Å². The summed E-state index contributed by atoms with van der Waals surface area (Å²) in [6, 6.07) is 0.412. The molecule has 0 spiro atoms. The summed E-state index contributed by atoms with van der Waals surface area (Å²) in [5.41, 5.74) is 2.56. The van der Waals surface area contributed by atoms with E-state index in [4.69, 9.17) is 0 Å². The van der Waals surface area contributed by atoms with Gasteiger partial charge in [0.1, 0.15) is 12.1 Å². The molecule has 4 heteroatoms. The number of hydrogen-bond acceptors (Lipinski definition) is 4. The van der Waals surface area contributed by atoms with Crippen LogP contribution in [0.1, 0.15) is 24.6 Å². The number of nitrogens with one attached hydrogen (secondary N) is 1. The van der Waals surface area contributed by atoms with Crippen LogP contribution in [0.4, 0.5) is 5.82 Å². The summed E-state index contributed by atoms with van der Waals surface area (Å²) in [6.07, 6.45) is 5.11. The van der Waals surface area contributed by atoms with Crippen molar-refractivity contribution < 1.29 is 0 Å². The van der Waals surface area contributed by atoms with Gasteiger partial charge in [0.05, 0.1) is 0 Å². The molecular formula is C12H20N4. The number of hydrogen-bond donors (Lipinski definition) is 1. The number of rotatable bonds is 4. The van der Waals surface area contributed by atoms with Crippen molar-refractivity contribution in [2.45, 2.75) is 32.2 Å². The fourth-order valence-electron chi connectivity index (χ4n) is 2.31. The van der Waals surface area contributed by atoms with E-state index in [1.165, 1.54) is 17.7 Å². The Bertz CT molecular complexity index is 362. The number of aryl methyl sites for hydroxylation is 1. The number of anilines is 1. The van der Waals surface area contributed by atoms with Crippen LogP contribution in [-0.4, -0.2) is 41.5 Å². The van der Waals surface area contributed by atoms with Crippen LogP contribution in [-0.2, 0) is 12.8 Å². The van der Waals surface area contributed by atoms with Gasteiger partial charge in [-0.2, -0.15) is 0 Å². The zero-order valence-corrected chi connectivity index (χ0v) is 10.3. The van der Waals surface area contributed by atoms with Crippen LogP contribution in [0.15, 0.2) is 6.33 Å². The molecule has 1 atom stereocenters. The third-order valence-electron chi connectivity index (χ3n) is 2.90. The minimum absolute atomic E-state index is 0.412. The molecule has 0 fully saturated rings. The van der Waals surface area contributed by atoms with Crippen LogP contribution >= 0.6 is 0 Å². The lowest BCUT2D eigenvalue weighted by Gasteiger charge is -2.20. The lowest BCUT2D eigenvalue weighted by Crippen LogP contribution is -2.30. The summed E-state index contributed by atoms with van der Waals surface area (Å²) in [5.74, 6) is 1.04. The Labute approximate surface area is 97.1 Å². The standard InChI is InChI=1S/C12H20N4/c1-9(7-16(2)3)15-12-10-5-4-6-11(10)13-8-14-12/h8-9H,4-7H2,1-3H3,(H,13,14,15). The second-order valence-corrected chi connectivity index (χ2v) is 4.81. The molecule has 0 amide bonds. The van der Waals surface area contributed by atoms with Crippen molar-refractivity contribution in [3.8, 4) is 0 Å². The van der Waals surface area contributed by atoms with Gasteiger partial charge < -0.3 is 10.2 Å². The van der Waals surface area contributed by atoms with E-state index in [2.05, 4.69) is 41.2 Å². The van der Waals surface area contributed by atoms with Crippen LogP contribution in [0, 0.1) is 0 Å². The van der Waals surface area contributed by atoms with E-state index >= 15 is 0 Å². The van der Waals surface area contributed by atoms with E-state index in [0.717, 1.165) is 25.2 Å². The largest absolute Gasteiger partial charge is 0.366 e. The van der Waals surface area contributed by atoms with Crippen LogP contribution in [0.2, 0.25) is 0 Å². The van der Waals surface area contributed by atoms with Gasteiger partial charge in [-0.05, 0) is 40.3 Å². The molecule has 1 N–H and O–H groups in total. The van der Waals surface area contributed by atoms with E-state index in [-0.39, 0.29) is 0 Å². The Morgan fingerprint density at radius 3 is 2.94 bits per heavy atom. The minimum Gasteiger partial charge on any atom is -0.366 e. The van der Waals surface area contributed by atoms with E-state index < -0.39 is 0 Å². The number of fused-ring (bicyclic) bond motifs is 1. The van der Waals surface area contributed by atoms with Gasteiger partial charge in [0, 0.05) is 23.8 Å². The first-order chi connectivity index (χ1) is 7.66. The third-order valence-corrected chi connectivity index (χ3v) is 2.90. The van der Waals surface area contributed by atoms with Crippen LogP contribution in [0.25, 0.3) is 0 Å². The summed E-state index contributed by atoms with van der Waals surface area (Å²) in [7, 11) is 4.17. The summed E-state index contributed by atoms with van der Waals surface area (Å²) >= 11 is 0. The fourth-order valence-corrected chi connectivity index (χ4v) is 2.31. The van der Waals surface area contributed by atoms with E-state index in [1.807, 2.05) is 0 Å². The highest BCUT2D eigenvalue weighted by molar-refractivity contribution is 5.48. The molecule has 2 rings (SSSR count). The highest BCUT2D eigenvalue weighted by Crippen LogP contribution is 2.25. The second kappa shape index (κ2) is 4.78. The van der Waals surface area contributed by atoms with Crippen LogP contribution < -0.4 is 5.32 Å². The van der Waals surface area contributed by atoms with Crippen molar-refractivity contribution in [3.05, 3.63) is 17.6 Å². The minimum atomic E-state index is 0.412. The predicted octanol–water partition coefficient (Wildman–Crippen LogP) is 1.33. The summed E-state index contributed by atoms with van der Waals surface area (Å²) in [5, 5.41) is 3.48. The summed E-state index contributed by atoms with van der Waals surface area (Å²) < 4.78 is 0. The van der Waals surface area contributed by atoms with Gasteiger partial charge in [-0.3, -0.25) is 0 Å². The summed E-state index contributed by atoms with van der Waals surface area (Å²) in [4.78, 5) is 10.9. The molecule has 1 aliphatic carbocycles. The monoisotopic (exact) mass is 220 g/mol. The Kier molecular flexibility index (Phi) is 3.39. The highest BCUT2D eigenvalue weighted by Gasteiger charge is 2.17. The Morgan fingerprint density at radius 2 is 2.19 bits per heavy atom. The molecule has 88 valence electrons. The molecule has 0 bridgehead atoms. The SMILES string of the molecule is CC(CN(C)C)Nc1ncnc2c1CCC2. The molecular weight excluding hydrogens is 200 g/mol. The number of nitrogens with zero attached hydrogens (tertiary/aromatic N) is 3. The van der Waals surface area contributed by atoms with Gasteiger partial charge in [-0.25, -0.2) is 9.97 Å². The first-order valence-electron chi connectivity index (χ1n) is 5.91.